The summed E-state index contributed by atoms with van der Waals surface area (Å²) in [5, 5.41) is 8.67. The Bertz CT molecular complexity index is 1500. The third kappa shape index (κ3) is 3.02. The van der Waals surface area contributed by atoms with Crippen molar-refractivity contribution in [3.8, 4) is 11.6 Å². The van der Waals surface area contributed by atoms with Crippen LogP contribution in [0, 0.1) is 12.7 Å². The minimum atomic E-state index is -0.616. The molecule has 0 saturated carbocycles. The minimum Gasteiger partial charge on any atom is -0.458 e. The van der Waals surface area contributed by atoms with Crippen molar-refractivity contribution in [2.75, 3.05) is 6.54 Å². The Morgan fingerprint density at radius 2 is 2.03 bits per heavy atom. The number of carbonyl (C=O) groups is 1. The van der Waals surface area contributed by atoms with Gasteiger partial charge in [-0.1, -0.05) is 18.2 Å². The lowest BCUT2D eigenvalue weighted by atomic mass is 9.97. The lowest BCUT2D eigenvalue weighted by Crippen LogP contribution is -2.41. The van der Waals surface area contributed by atoms with Crippen molar-refractivity contribution in [1.29, 1.82) is 0 Å². The van der Waals surface area contributed by atoms with Crippen LogP contribution >= 0.6 is 0 Å². The Kier molecular flexibility index (Phi) is 4.32. The largest absolute Gasteiger partial charge is 0.458 e. The van der Waals surface area contributed by atoms with E-state index in [1.54, 1.807) is 11.2 Å². The van der Waals surface area contributed by atoms with Gasteiger partial charge in [0, 0.05) is 35.8 Å². The molecule has 33 heavy (non-hydrogen) atoms. The number of nitrogens with zero attached hydrogens (tertiary/aromatic N) is 5. The number of hydrogen-bond acceptors (Lipinski definition) is 7. The first-order valence-corrected chi connectivity index (χ1v) is 10.4. The normalized spacial score (nSPS) is 15.7. The second kappa shape index (κ2) is 7.37. The Morgan fingerprint density at radius 1 is 1.15 bits per heavy atom. The monoisotopic (exact) mass is 444 g/mol. The van der Waals surface area contributed by atoms with Gasteiger partial charge in [-0.25, -0.2) is 14.4 Å². The molecule has 6 rings (SSSR count). The Labute approximate surface area is 186 Å². The summed E-state index contributed by atoms with van der Waals surface area (Å²) in [4.78, 5) is 26.7. The Hall–Kier alpha value is -4.34. The predicted octanol–water partition coefficient (Wildman–Crippen LogP) is 3.84. The number of hydrogen-bond donors (Lipinski definition) is 1. The van der Waals surface area contributed by atoms with Crippen LogP contribution in [0.1, 0.15) is 39.4 Å². The van der Waals surface area contributed by atoms with Crippen LogP contribution in [0.25, 0.3) is 22.6 Å². The van der Waals surface area contributed by atoms with Crippen LogP contribution in [0.5, 0.6) is 0 Å². The van der Waals surface area contributed by atoms with E-state index in [4.69, 9.17) is 8.83 Å². The quantitative estimate of drug-likeness (QED) is 0.450. The standard InChI is InChI=1S/C23H17FN6O3/c1-12-13-5-2-3-7-16(13)32-20(12)19-18-15(26-11-27-18)8-10-30(19)23(31)22-29-28-21(33-22)17-14(24)6-4-9-25-17/h2-7,9,11,19H,8,10H2,1H3,(H,26,27)/t19-/m0/s1. The number of pyridine rings is 1. The molecule has 1 N–H and O–H groups in total. The summed E-state index contributed by atoms with van der Waals surface area (Å²) in [6, 6.07) is 9.81. The number of furan rings is 1. The summed E-state index contributed by atoms with van der Waals surface area (Å²) in [6.45, 7) is 2.34. The highest BCUT2D eigenvalue weighted by molar-refractivity contribution is 5.91. The molecule has 0 bridgehead atoms. The number of nitrogens with one attached hydrogen (secondary N) is 1. The first kappa shape index (κ1) is 19.4. The second-order valence-corrected chi connectivity index (χ2v) is 7.75. The number of aryl methyl sites for hydroxylation is 1. The van der Waals surface area contributed by atoms with Gasteiger partial charge in [0.25, 0.3) is 5.89 Å². The van der Waals surface area contributed by atoms with E-state index in [9.17, 15) is 9.18 Å². The molecule has 0 spiro atoms. The first-order chi connectivity index (χ1) is 16.1. The van der Waals surface area contributed by atoms with E-state index < -0.39 is 17.8 Å². The van der Waals surface area contributed by atoms with Crippen LogP contribution in [0.4, 0.5) is 4.39 Å². The molecular weight excluding hydrogens is 427 g/mol. The van der Waals surface area contributed by atoms with Gasteiger partial charge in [0.05, 0.1) is 12.0 Å². The van der Waals surface area contributed by atoms with Crippen LogP contribution < -0.4 is 0 Å². The number of rotatable bonds is 3. The van der Waals surface area contributed by atoms with E-state index in [0.717, 1.165) is 22.2 Å². The maximum absolute atomic E-state index is 14.1. The van der Waals surface area contributed by atoms with Crippen molar-refractivity contribution >= 4 is 16.9 Å². The molecule has 0 aliphatic carbocycles. The van der Waals surface area contributed by atoms with Gasteiger partial charge >= 0.3 is 11.8 Å². The van der Waals surface area contributed by atoms with Crippen molar-refractivity contribution in [2.24, 2.45) is 0 Å². The number of amides is 1. The summed E-state index contributed by atoms with van der Waals surface area (Å²) < 4.78 is 25.8. The van der Waals surface area contributed by atoms with Gasteiger partial charge in [0.1, 0.15) is 17.4 Å². The number of aromatic nitrogens is 5. The van der Waals surface area contributed by atoms with E-state index in [-0.39, 0.29) is 17.5 Å². The number of aromatic amines is 1. The van der Waals surface area contributed by atoms with Crippen molar-refractivity contribution < 1.29 is 18.0 Å². The van der Waals surface area contributed by atoms with Gasteiger partial charge in [-0.2, -0.15) is 0 Å². The van der Waals surface area contributed by atoms with Gasteiger partial charge in [0.2, 0.25) is 0 Å². The van der Waals surface area contributed by atoms with Crippen molar-refractivity contribution in [2.45, 2.75) is 19.4 Å². The van der Waals surface area contributed by atoms with Crippen molar-refractivity contribution in [3.63, 3.8) is 0 Å². The topological polar surface area (TPSA) is 114 Å². The first-order valence-electron chi connectivity index (χ1n) is 10.4. The molecule has 1 atom stereocenters. The van der Waals surface area contributed by atoms with Crippen LogP contribution in [0.3, 0.4) is 0 Å². The van der Waals surface area contributed by atoms with Gasteiger partial charge in [-0.15, -0.1) is 10.2 Å². The van der Waals surface area contributed by atoms with E-state index in [2.05, 4.69) is 25.1 Å². The summed E-state index contributed by atoms with van der Waals surface area (Å²) in [6.07, 6.45) is 3.60. The maximum Gasteiger partial charge on any atom is 0.312 e. The average molecular weight is 444 g/mol. The van der Waals surface area contributed by atoms with Crippen LogP contribution in [0.2, 0.25) is 0 Å². The molecule has 1 amide bonds. The number of benzene rings is 1. The number of halogens is 1. The zero-order valence-corrected chi connectivity index (χ0v) is 17.4. The molecule has 0 saturated heterocycles. The van der Waals surface area contributed by atoms with Gasteiger partial charge in [-0.3, -0.25) is 4.79 Å². The third-order valence-electron chi connectivity index (χ3n) is 5.88. The molecule has 1 aliphatic heterocycles. The van der Waals surface area contributed by atoms with E-state index in [1.165, 1.54) is 18.3 Å². The molecule has 10 heteroatoms. The van der Waals surface area contributed by atoms with Gasteiger partial charge < -0.3 is 18.7 Å². The molecule has 0 fully saturated rings. The zero-order valence-electron chi connectivity index (χ0n) is 17.4. The third-order valence-corrected chi connectivity index (χ3v) is 5.88. The van der Waals surface area contributed by atoms with Crippen LogP contribution in [-0.4, -0.2) is 42.5 Å². The van der Waals surface area contributed by atoms with E-state index in [0.29, 0.717) is 24.4 Å². The minimum absolute atomic E-state index is 0.109. The van der Waals surface area contributed by atoms with E-state index in [1.807, 2.05) is 31.2 Å². The number of imidazole rings is 1. The van der Waals surface area contributed by atoms with Crippen molar-refractivity contribution in [1.82, 2.24) is 30.0 Å². The molecule has 5 heterocycles. The van der Waals surface area contributed by atoms with Gasteiger partial charge in [-0.05, 0) is 25.1 Å². The molecule has 164 valence electrons. The molecule has 1 aliphatic rings. The average Bonchev–Trinajstić information content (AvgIpc) is 3.58. The number of para-hydroxylation sites is 1. The van der Waals surface area contributed by atoms with Gasteiger partial charge in [0.15, 0.2) is 11.5 Å². The molecule has 0 unspecified atom stereocenters. The fourth-order valence-corrected chi connectivity index (χ4v) is 4.29. The molecule has 9 nitrogen and oxygen atoms in total. The highest BCUT2D eigenvalue weighted by Crippen LogP contribution is 2.39. The fraction of sp³-hybridized carbons (Fsp3) is 0.174. The maximum atomic E-state index is 14.1. The number of carbonyl (C=O) groups excluding carboxylic acids is 1. The van der Waals surface area contributed by atoms with Crippen molar-refractivity contribution in [3.05, 3.63) is 83.3 Å². The molecule has 1 aromatic carbocycles. The smallest absolute Gasteiger partial charge is 0.312 e. The van der Waals surface area contributed by atoms with Crippen LogP contribution in [-0.2, 0) is 6.42 Å². The molecule has 0 radical (unpaired) electrons. The molecule has 4 aromatic heterocycles. The van der Waals surface area contributed by atoms with E-state index >= 15 is 0 Å². The predicted molar refractivity (Wildman–Crippen MR) is 114 cm³/mol. The highest BCUT2D eigenvalue weighted by atomic mass is 19.1. The lowest BCUT2D eigenvalue weighted by molar-refractivity contribution is 0.0632. The summed E-state index contributed by atoms with van der Waals surface area (Å²) in [5.41, 5.74) is 3.18. The molecular formula is C23H17FN6O3. The van der Waals surface area contributed by atoms with Crippen LogP contribution in [0.15, 0.2) is 57.8 Å². The lowest BCUT2D eigenvalue weighted by Gasteiger charge is -2.33. The fourth-order valence-electron chi connectivity index (χ4n) is 4.29. The summed E-state index contributed by atoms with van der Waals surface area (Å²) >= 11 is 0. The highest BCUT2D eigenvalue weighted by Gasteiger charge is 2.39. The SMILES string of the molecule is Cc1c([C@@H]2c3nc[nH]c3CCN2C(=O)c2nnc(-c3ncccc3F)o2)oc2ccccc12. The molecule has 5 aromatic rings. The Balaban J connectivity index is 1.43. The number of H-pyrrole nitrogens is 1. The second-order valence-electron chi connectivity index (χ2n) is 7.75. The Morgan fingerprint density at radius 3 is 2.88 bits per heavy atom. The summed E-state index contributed by atoms with van der Waals surface area (Å²) in [5.74, 6) is -0.912. The zero-order chi connectivity index (χ0) is 22.5. The number of fused-ring (bicyclic) bond motifs is 2. The summed E-state index contributed by atoms with van der Waals surface area (Å²) in [7, 11) is 0.